The van der Waals surface area contributed by atoms with Crippen molar-refractivity contribution in [1.82, 2.24) is 0 Å². The van der Waals surface area contributed by atoms with Crippen LogP contribution in [0.4, 0.5) is 0 Å². The molecule has 0 saturated heterocycles. The molecule has 102 valence electrons. The van der Waals surface area contributed by atoms with Crippen molar-refractivity contribution in [3.8, 4) is 5.75 Å². The quantitative estimate of drug-likeness (QED) is 0.591. The molecule has 2 aliphatic rings. The second kappa shape index (κ2) is 4.09. The van der Waals surface area contributed by atoms with Gasteiger partial charge in [-0.3, -0.25) is 4.79 Å². The van der Waals surface area contributed by atoms with Crippen molar-refractivity contribution < 1.29 is 9.53 Å². The van der Waals surface area contributed by atoms with E-state index < -0.39 is 0 Å². The van der Waals surface area contributed by atoms with E-state index in [1.807, 2.05) is 30.3 Å². The summed E-state index contributed by atoms with van der Waals surface area (Å²) in [6.45, 7) is 6.98. The fourth-order valence-corrected chi connectivity index (χ4v) is 4.23. The summed E-state index contributed by atoms with van der Waals surface area (Å²) in [5.41, 5.74) is 0.561. The molecule has 1 aromatic carbocycles. The Morgan fingerprint density at radius 2 is 1.89 bits per heavy atom. The van der Waals surface area contributed by atoms with Gasteiger partial charge in [0.05, 0.1) is 5.92 Å². The SMILES string of the molecule is CC1(C)[C@@H]2CC[C@]1(C)C[C@@H]2C(=O)Oc1ccccc1. The van der Waals surface area contributed by atoms with Crippen LogP contribution < -0.4 is 4.74 Å². The number of hydrogen-bond donors (Lipinski definition) is 0. The van der Waals surface area contributed by atoms with Crippen LogP contribution in [0.1, 0.15) is 40.0 Å². The van der Waals surface area contributed by atoms with Crippen LogP contribution in [-0.2, 0) is 4.79 Å². The molecule has 3 atom stereocenters. The second-order valence-corrected chi connectivity index (χ2v) is 6.97. The highest BCUT2D eigenvalue weighted by Crippen LogP contribution is 2.67. The monoisotopic (exact) mass is 258 g/mol. The maximum absolute atomic E-state index is 12.4. The molecule has 0 amide bonds. The summed E-state index contributed by atoms with van der Waals surface area (Å²) in [4.78, 5) is 12.4. The van der Waals surface area contributed by atoms with Gasteiger partial charge in [-0.05, 0) is 48.1 Å². The molecule has 3 rings (SSSR count). The number of carbonyl (C=O) groups is 1. The molecule has 2 aliphatic carbocycles. The highest BCUT2D eigenvalue weighted by Gasteiger charge is 2.62. The third-order valence-corrected chi connectivity index (χ3v) is 5.91. The predicted molar refractivity (Wildman–Crippen MR) is 74.8 cm³/mol. The Morgan fingerprint density at radius 1 is 1.21 bits per heavy atom. The van der Waals surface area contributed by atoms with Crippen molar-refractivity contribution in [3.63, 3.8) is 0 Å². The van der Waals surface area contributed by atoms with E-state index in [0.717, 1.165) is 12.8 Å². The van der Waals surface area contributed by atoms with Crippen molar-refractivity contribution in [2.75, 3.05) is 0 Å². The Bertz CT molecular complexity index is 488. The van der Waals surface area contributed by atoms with Crippen LogP contribution in [0.3, 0.4) is 0 Å². The molecule has 0 aliphatic heterocycles. The fourth-order valence-electron chi connectivity index (χ4n) is 4.23. The van der Waals surface area contributed by atoms with Gasteiger partial charge >= 0.3 is 5.97 Å². The average Bonchev–Trinajstić information content (AvgIpc) is 2.72. The lowest BCUT2D eigenvalue weighted by molar-refractivity contribution is -0.141. The van der Waals surface area contributed by atoms with Crippen LogP contribution in [0.15, 0.2) is 30.3 Å². The number of fused-ring (bicyclic) bond motifs is 2. The average molecular weight is 258 g/mol. The van der Waals surface area contributed by atoms with E-state index in [-0.39, 0.29) is 17.3 Å². The van der Waals surface area contributed by atoms with E-state index in [4.69, 9.17) is 4.74 Å². The standard InChI is InChI=1S/C17H22O2/c1-16(2)14-9-10-17(16,3)11-13(14)15(18)19-12-7-5-4-6-8-12/h4-8,13-14H,9-11H2,1-3H3/t13-,14+,17+/m0/s1. The Labute approximate surface area is 115 Å². The summed E-state index contributed by atoms with van der Waals surface area (Å²) in [5.74, 6) is 1.19. The van der Waals surface area contributed by atoms with Gasteiger partial charge in [-0.2, -0.15) is 0 Å². The lowest BCUT2D eigenvalue weighted by Gasteiger charge is -2.34. The van der Waals surface area contributed by atoms with Gasteiger partial charge in [0.2, 0.25) is 0 Å². The Hall–Kier alpha value is -1.31. The lowest BCUT2D eigenvalue weighted by Crippen LogP contribution is -2.28. The number of ether oxygens (including phenoxy) is 1. The number of benzene rings is 1. The van der Waals surface area contributed by atoms with Gasteiger partial charge in [0.25, 0.3) is 0 Å². The highest BCUT2D eigenvalue weighted by atomic mass is 16.5. The van der Waals surface area contributed by atoms with Gasteiger partial charge in [-0.25, -0.2) is 0 Å². The first-order chi connectivity index (χ1) is 8.94. The maximum Gasteiger partial charge on any atom is 0.314 e. The van der Waals surface area contributed by atoms with Crippen molar-refractivity contribution in [2.45, 2.75) is 40.0 Å². The van der Waals surface area contributed by atoms with Crippen LogP contribution in [0.25, 0.3) is 0 Å². The van der Waals surface area contributed by atoms with Gasteiger partial charge in [0.1, 0.15) is 5.75 Å². The Balaban J connectivity index is 1.77. The second-order valence-electron chi connectivity index (χ2n) is 6.97. The largest absolute Gasteiger partial charge is 0.426 e. The first-order valence-electron chi connectivity index (χ1n) is 7.21. The van der Waals surface area contributed by atoms with E-state index in [2.05, 4.69) is 20.8 Å². The van der Waals surface area contributed by atoms with Crippen LogP contribution >= 0.6 is 0 Å². The summed E-state index contributed by atoms with van der Waals surface area (Å²) in [6, 6.07) is 9.41. The summed E-state index contributed by atoms with van der Waals surface area (Å²) < 4.78 is 5.55. The normalized spacial score (nSPS) is 35.3. The Kier molecular flexibility index (Phi) is 2.74. The zero-order chi connectivity index (χ0) is 13.7. The van der Waals surface area contributed by atoms with Gasteiger partial charge in [-0.15, -0.1) is 0 Å². The molecule has 2 fully saturated rings. The molecule has 0 unspecified atom stereocenters. The van der Waals surface area contributed by atoms with Crippen LogP contribution in [-0.4, -0.2) is 5.97 Å². The first-order valence-corrected chi connectivity index (χ1v) is 7.21. The van der Waals surface area contributed by atoms with Crippen LogP contribution in [0.2, 0.25) is 0 Å². The molecule has 0 aromatic heterocycles. The van der Waals surface area contributed by atoms with E-state index >= 15 is 0 Å². The molecule has 19 heavy (non-hydrogen) atoms. The summed E-state index contributed by atoms with van der Waals surface area (Å²) in [5, 5.41) is 0. The smallest absolute Gasteiger partial charge is 0.314 e. The van der Waals surface area contributed by atoms with Crippen molar-refractivity contribution in [2.24, 2.45) is 22.7 Å². The predicted octanol–water partition coefficient (Wildman–Crippen LogP) is 4.05. The molecule has 0 N–H and O–H groups in total. The number of rotatable bonds is 2. The molecule has 2 saturated carbocycles. The molecule has 0 spiro atoms. The minimum Gasteiger partial charge on any atom is -0.426 e. The molecule has 0 radical (unpaired) electrons. The zero-order valence-electron chi connectivity index (χ0n) is 12.0. The van der Waals surface area contributed by atoms with Crippen molar-refractivity contribution in [1.29, 1.82) is 0 Å². The number of esters is 1. The third-order valence-electron chi connectivity index (χ3n) is 5.91. The van der Waals surface area contributed by atoms with Crippen LogP contribution in [0.5, 0.6) is 5.75 Å². The van der Waals surface area contributed by atoms with Gasteiger partial charge in [0.15, 0.2) is 0 Å². The molecule has 2 nitrogen and oxygen atoms in total. The van der Waals surface area contributed by atoms with E-state index in [1.54, 1.807) is 0 Å². The Morgan fingerprint density at radius 3 is 2.42 bits per heavy atom. The summed E-state index contributed by atoms with van der Waals surface area (Å²) in [6.07, 6.45) is 3.40. The minimum absolute atomic E-state index is 0.0345. The maximum atomic E-state index is 12.4. The van der Waals surface area contributed by atoms with Gasteiger partial charge in [0, 0.05) is 0 Å². The fraction of sp³-hybridized carbons (Fsp3) is 0.588. The number of para-hydroxylation sites is 1. The third kappa shape index (κ3) is 1.80. The molecule has 2 heteroatoms. The van der Waals surface area contributed by atoms with E-state index in [0.29, 0.717) is 17.1 Å². The molecular formula is C17H22O2. The summed E-state index contributed by atoms with van der Waals surface area (Å²) >= 11 is 0. The lowest BCUT2D eigenvalue weighted by atomic mass is 9.71. The van der Waals surface area contributed by atoms with Crippen LogP contribution in [0, 0.1) is 22.7 Å². The molecule has 0 heterocycles. The molecular weight excluding hydrogens is 236 g/mol. The minimum atomic E-state index is -0.0345. The zero-order valence-corrected chi connectivity index (χ0v) is 12.0. The van der Waals surface area contributed by atoms with E-state index in [9.17, 15) is 4.79 Å². The van der Waals surface area contributed by atoms with Crippen molar-refractivity contribution in [3.05, 3.63) is 30.3 Å². The molecule has 2 bridgehead atoms. The number of hydrogen-bond acceptors (Lipinski definition) is 2. The first kappa shape index (κ1) is 12.7. The highest BCUT2D eigenvalue weighted by molar-refractivity contribution is 5.76. The molecule has 1 aromatic rings. The number of carbonyl (C=O) groups excluding carboxylic acids is 1. The topological polar surface area (TPSA) is 26.3 Å². The van der Waals surface area contributed by atoms with Crippen molar-refractivity contribution >= 4 is 5.97 Å². The van der Waals surface area contributed by atoms with E-state index in [1.165, 1.54) is 6.42 Å². The van der Waals surface area contributed by atoms with Gasteiger partial charge in [-0.1, -0.05) is 39.0 Å². The summed E-state index contributed by atoms with van der Waals surface area (Å²) in [7, 11) is 0. The van der Waals surface area contributed by atoms with Gasteiger partial charge < -0.3 is 4.74 Å².